The molecular weight excluding hydrogens is 162 g/mol. The largest absolute Gasteiger partial charge is 0.389 e. The molecule has 0 aliphatic heterocycles. The lowest BCUT2D eigenvalue weighted by atomic mass is 9.88. The van der Waals surface area contributed by atoms with Gasteiger partial charge in [0.05, 0.1) is 5.60 Å². The van der Waals surface area contributed by atoms with Crippen LogP contribution in [0, 0.1) is 5.92 Å². The summed E-state index contributed by atoms with van der Waals surface area (Å²) in [4.78, 5) is 0. The summed E-state index contributed by atoms with van der Waals surface area (Å²) < 4.78 is 0. The molecule has 2 rings (SSSR count). The summed E-state index contributed by atoms with van der Waals surface area (Å²) in [6.07, 6.45) is 7.68. The van der Waals surface area contributed by atoms with E-state index in [1.54, 1.807) is 0 Å². The van der Waals surface area contributed by atoms with Crippen LogP contribution in [0.15, 0.2) is 0 Å². The number of hydrogen-bond donors (Lipinski definition) is 2. The van der Waals surface area contributed by atoms with E-state index in [4.69, 9.17) is 0 Å². The van der Waals surface area contributed by atoms with Gasteiger partial charge in [-0.2, -0.15) is 0 Å². The SMILES string of the molecule is CC(O)(CNC1CC1)C1CCCC1. The van der Waals surface area contributed by atoms with Gasteiger partial charge in [0.15, 0.2) is 0 Å². The highest BCUT2D eigenvalue weighted by Crippen LogP contribution is 2.34. The Kier molecular flexibility index (Phi) is 2.61. The van der Waals surface area contributed by atoms with Crippen LogP contribution in [0.3, 0.4) is 0 Å². The first kappa shape index (κ1) is 9.47. The zero-order valence-electron chi connectivity index (χ0n) is 8.55. The van der Waals surface area contributed by atoms with Gasteiger partial charge in [-0.25, -0.2) is 0 Å². The van der Waals surface area contributed by atoms with Crippen LogP contribution in [-0.4, -0.2) is 23.3 Å². The molecule has 0 amide bonds. The van der Waals surface area contributed by atoms with Crippen LogP contribution >= 0.6 is 0 Å². The molecule has 0 spiro atoms. The van der Waals surface area contributed by atoms with E-state index in [1.165, 1.54) is 38.5 Å². The van der Waals surface area contributed by atoms with Crippen LogP contribution in [0.5, 0.6) is 0 Å². The summed E-state index contributed by atoms with van der Waals surface area (Å²) in [5.41, 5.74) is -0.459. The molecule has 2 fully saturated rings. The van der Waals surface area contributed by atoms with Crippen molar-refractivity contribution in [3.8, 4) is 0 Å². The first-order valence-electron chi connectivity index (χ1n) is 5.64. The fourth-order valence-corrected chi connectivity index (χ4v) is 2.33. The molecule has 2 N–H and O–H groups in total. The highest BCUT2D eigenvalue weighted by atomic mass is 16.3. The van der Waals surface area contributed by atoms with Gasteiger partial charge in [0, 0.05) is 12.6 Å². The highest BCUT2D eigenvalue weighted by Gasteiger charge is 2.35. The maximum absolute atomic E-state index is 10.2. The lowest BCUT2D eigenvalue weighted by Gasteiger charge is -2.30. The lowest BCUT2D eigenvalue weighted by Crippen LogP contribution is -2.44. The Morgan fingerprint density at radius 1 is 1.23 bits per heavy atom. The van der Waals surface area contributed by atoms with E-state index in [0.717, 1.165) is 6.54 Å². The average molecular weight is 183 g/mol. The van der Waals surface area contributed by atoms with Crippen molar-refractivity contribution in [3.05, 3.63) is 0 Å². The standard InChI is InChI=1S/C11H21NO/c1-11(13,8-12-10-6-7-10)9-4-2-3-5-9/h9-10,12-13H,2-8H2,1H3. The molecule has 0 radical (unpaired) electrons. The third-order valence-electron chi connectivity index (χ3n) is 3.56. The molecule has 2 saturated carbocycles. The van der Waals surface area contributed by atoms with Crippen LogP contribution in [-0.2, 0) is 0 Å². The molecule has 0 aromatic rings. The molecule has 0 saturated heterocycles. The van der Waals surface area contributed by atoms with Gasteiger partial charge in [0.1, 0.15) is 0 Å². The molecule has 0 heterocycles. The molecular formula is C11H21NO. The number of nitrogens with one attached hydrogen (secondary N) is 1. The molecule has 0 aromatic heterocycles. The van der Waals surface area contributed by atoms with E-state index in [1.807, 2.05) is 6.92 Å². The van der Waals surface area contributed by atoms with Crippen LogP contribution in [0.25, 0.3) is 0 Å². The summed E-state index contributed by atoms with van der Waals surface area (Å²) >= 11 is 0. The minimum absolute atomic E-state index is 0.459. The molecule has 2 heteroatoms. The van der Waals surface area contributed by atoms with Crippen molar-refractivity contribution < 1.29 is 5.11 Å². The van der Waals surface area contributed by atoms with E-state index < -0.39 is 5.60 Å². The van der Waals surface area contributed by atoms with Gasteiger partial charge in [-0.3, -0.25) is 0 Å². The molecule has 76 valence electrons. The maximum atomic E-state index is 10.2. The molecule has 2 nitrogen and oxygen atoms in total. The van der Waals surface area contributed by atoms with Gasteiger partial charge in [0.25, 0.3) is 0 Å². The van der Waals surface area contributed by atoms with E-state index in [0.29, 0.717) is 12.0 Å². The van der Waals surface area contributed by atoms with Gasteiger partial charge in [-0.1, -0.05) is 12.8 Å². The Morgan fingerprint density at radius 2 is 1.85 bits per heavy atom. The van der Waals surface area contributed by atoms with Crippen LogP contribution in [0.2, 0.25) is 0 Å². The van der Waals surface area contributed by atoms with E-state index in [9.17, 15) is 5.11 Å². The van der Waals surface area contributed by atoms with Crippen molar-refractivity contribution in [1.82, 2.24) is 5.32 Å². The van der Waals surface area contributed by atoms with Crippen molar-refractivity contribution in [2.45, 2.75) is 57.1 Å². The first-order valence-corrected chi connectivity index (χ1v) is 5.64. The van der Waals surface area contributed by atoms with Gasteiger partial charge in [0.2, 0.25) is 0 Å². The first-order chi connectivity index (χ1) is 6.18. The summed E-state index contributed by atoms with van der Waals surface area (Å²) in [6, 6.07) is 0.716. The smallest absolute Gasteiger partial charge is 0.0771 e. The normalized spacial score (nSPS) is 29.1. The van der Waals surface area contributed by atoms with Crippen molar-refractivity contribution >= 4 is 0 Å². The molecule has 1 unspecified atom stereocenters. The van der Waals surface area contributed by atoms with Crippen LogP contribution < -0.4 is 5.32 Å². The van der Waals surface area contributed by atoms with Crippen LogP contribution in [0.1, 0.15) is 45.4 Å². The summed E-state index contributed by atoms with van der Waals surface area (Å²) in [7, 11) is 0. The predicted molar refractivity (Wildman–Crippen MR) is 53.6 cm³/mol. The lowest BCUT2D eigenvalue weighted by molar-refractivity contribution is 0.00212. The van der Waals surface area contributed by atoms with Crippen LogP contribution in [0.4, 0.5) is 0 Å². The Bertz CT molecular complexity index is 169. The van der Waals surface area contributed by atoms with Crippen molar-refractivity contribution in [1.29, 1.82) is 0 Å². The fourth-order valence-electron chi connectivity index (χ4n) is 2.33. The second-order valence-electron chi connectivity index (χ2n) is 4.99. The molecule has 2 aliphatic carbocycles. The molecule has 2 aliphatic rings. The fraction of sp³-hybridized carbons (Fsp3) is 1.00. The second kappa shape index (κ2) is 3.58. The Morgan fingerprint density at radius 3 is 2.38 bits per heavy atom. The minimum Gasteiger partial charge on any atom is -0.389 e. The monoisotopic (exact) mass is 183 g/mol. The maximum Gasteiger partial charge on any atom is 0.0771 e. The number of rotatable bonds is 4. The topological polar surface area (TPSA) is 32.3 Å². The van der Waals surface area contributed by atoms with Crippen molar-refractivity contribution in [3.63, 3.8) is 0 Å². The Balaban J connectivity index is 1.78. The van der Waals surface area contributed by atoms with Crippen molar-refractivity contribution in [2.24, 2.45) is 5.92 Å². The third kappa shape index (κ3) is 2.44. The quantitative estimate of drug-likeness (QED) is 0.695. The van der Waals surface area contributed by atoms with E-state index in [2.05, 4.69) is 5.32 Å². The van der Waals surface area contributed by atoms with Gasteiger partial charge >= 0.3 is 0 Å². The zero-order valence-corrected chi connectivity index (χ0v) is 8.55. The van der Waals surface area contributed by atoms with Gasteiger partial charge < -0.3 is 10.4 Å². The van der Waals surface area contributed by atoms with Crippen molar-refractivity contribution in [2.75, 3.05) is 6.54 Å². The third-order valence-corrected chi connectivity index (χ3v) is 3.56. The van der Waals surface area contributed by atoms with E-state index >= 15 is 0 Å². The van der Waals surface area contributed by atoms with Gasteiger partial charge in [-0.15, -0.1) is 0 Å². The number of aliphatic hydroxyl groups is 1. The predicted octanol–water partition coefficient (Wildman–Crippen LogP) is 1.68. The molecule has 0 bridgehead atoms. The minimum atomic E-state index is -0.459. The summed E-state index contributed by atoms with van der Waals surface area (Å²) in [6.45, 7) is 2.79. The Labute approximate surface area is 80.7 Å². The summed E-state index contributed by atoms with van der Waals surface area (Å²) in [5, 5.41) is 13.7. The highest BCUT2D eigenvalue weighted by molar-refractivity contribution is 4.90. The Hall–Kier alpha value is -0.0800. The van der Waals surface area contributed by atoms with Gasteiger partial charge in [-0.05, 0) is 38.5 Å². The number of hydrogen-bond acceptors (Lipinski definition) is 2. The second-order valence-corrected chi connectivity index (χ2v) is 4.99. The molecule has 1 atom stereocenters. The molecule has 0 aromatic carbocycles. The summed E-state index contributed by atoms with van der Waals surface area (Å²) in [5.74, 6) is 0.541. The molecule has 13 heavy (non-hydrogen) atoms. The van der Waals surface area contributed by atoms with E-state index in [-0.39, 0.29) is 0 Å². The average Bonchev–Trinajstić information content (AvgIpc) is 2.74. The zero-order chi connectivity index (χ0) is 9.31.